The highest BCUT2D eigenvalue weighted by Crippen LogP contribution is 2.47. The summed E-state index contributed by atoms with van der Waals surface area (Å²) in [4.78, 5) is 19.0. The van der Waals surface area contributed by atoms with Crippen LogP contribution in [0.15, 0.2) is 36.5 Å². The van der Waals surface area contributed by atoms with Crippen LogP contribution < -0.4 is 15.0 Å². The Bertz CT molecular complexity index is 1780. The van der Waals surface area contributed by atoms with Crippen molar-refractivity contribution in [2.75, 3.05) is 44.2 Å². The third-order valence-corrected chi connectivity index (χ3v) is 10.0. The molecule has 3 saturated heterocycles. The fraction of sp³-hybridized carbons (Fsp3) is 0.457. The SMILES string of the molecule is C#Cc1cccc2cc(O)cc(-c3ncc4c(N5C[C@H]6CC[C@@H](C5)N6)nc(OCC5(CN6CCCCC6)CC5)nc4c3F)c12. The van der Waals surface area contributed by atoms with E-state index in [1.54, 1.807) is 12.3 Å². The predicted molar refractivity (Wildman–Crippen MR) is 169 cm³/mol. The number of ether oxygens (including phenoxy) is 1. The molecular formula is C35H37FN6O2. The number of nitrogens with one attached hydrogen (secondary N) is 1. The number of halogens is 1. The highest BCUT2D eigenvalue weighted by Gasteiger charge is 2.45. The molecule has 0 unspecified atom stereocenters. The molecule has 0 spiro atoms. The molecule has 226 valence electrons. The van der Waals surface area contributed by atoms with Crippen LogP contribution in [0.1, 0.15) is 50.5 Å². The van der Waals surface area contributed by atoms with Crippen molar-refractivity contribution in [2.45, 2.75) is 57.0 Å². The molecule has 2 N–H and O–H groups in total. The van der Waals surface area contributed by atoms with Crippen molar-refractivity contribution in [3.05, 3.63) is 47.9 Å². The number of aromatic hydroxyl groups is 1. The normalized spacial score (nSPS) is 22.8. The van der Waals surface area contributed by atoms with Gasteiger partial charge in [0.05, 0.1) is 12.0 Å². The summed E-state index contributed by atoms with van der Waals surface area (Å²) < 4.78 is 23.1. The zero-order valence-corrected chi connectivity index (χ0v) is 24.9. The quantitative estimate of drug-likeness (QED) is 0.281. The van der Waals surface area contributed by atoms with Crippen LogP contribution in [0, 0.1) is 23.6 Å². The Balaban J connectivity index is 1.21. The number of benzene rings is 2. The average Bonchev–Trinajstić information content (AvgIpc) is 3.73. The average molecular weight is 593 g/mol. The number of phenols is 1. The van der Waals surface area contributed by atoms with E-state index in [0.29, 0.717) is 51.8 Å². The molecule has 4 aromatic rings. The molecule has 1 saturated carbocycles. The summed E-state index contributed by atoms with van der Waals surface area (Å²) in [5.41, 5.74) is 1.38. The Labute approximate surface area is 256 Å². The maximum atomic E-state index is 16.8. The lowest BCUT2D eigenvalue weighted by molar-refractivity contribution is 0.139. The fourth-order valence-corrected chi connectivity index (χ4v) is 7.54. The number of phenolic OH excluding ortho intramolecular Hbond substituents is 1. The number of fused-ring (bicyclic) bond motifs is 4. The third-order valence-electron chi connectivity index (χ3n) is 10.0. The number of pyridine rings is 1. The van der Waals surface area contributed by atoms with E-state index in [2.05, 4.69) is 31.0 Å². The van der Waals surface area contributed by atoms with Gasteiger partial charge < -0.3 is 25.0 Å². The van der Waals surface area contributed by atoms with Crippen LogP contribution in [-0.2, 0) is 0 Å². The minimum absolute atomic E-state index is 0.00935. The van der Waals surface area contributed by atoms with Gasteiger partial charge >= 0.3 is 6.01 Å². The first-order valence-electron chi connectivity index (χ1n) is 15.9. The Morgan fingerprint density at radius 3 is 2.64 bits per heavy atom. The van der Waals surface area contributed by atoms with Crippen LogP contribution in [0.25, 0.3) is 32.9 Å². The topological polar surface area (TPSA) is 86.6 Å². The van der Waals surface area contributed by atoms with Gasteiger partial charge in [-0.2, -0.15) is 9.97 Å². The van der Waals surface area contributed by atoms with Crippen molar-refractivity contribution in [3.63, 3.8) is 0 Å². The number of likely N-dealkylation sites (tertiary alicyclic amines) is 1. The highest BCUT2D eigenvalue weighted by atomic mass is 19.1. The van der Waals surface area contributed by atoms with Crippen LogP contribution in [0.3, 0.4) is 0 Å². The minimum atomic E-state index is -0.581. The smallest absolute Gasteiger partial charge is 0.319 e. The lowest BCUT2D eigenvalue weighted by Crippen LogP contribution is -2.51. The molecule has 1 aliphatic carbocycles. The van der Waals surface area contributed by atoms with Crippen LogP contribution in [-0.4, -0.2) is 76.4 Å². The molecule has 2 bridgehead atoms. The second kappa shape index (κ2) is 10.9. The van der Waals surface area contributed by atoms with Gasteiger partial charge in [-0.25, -0.2) is 4.39 Å². The summed E-state index contributed by atoms with van der Waals surface area (Å²) in [5.74, 6) is 2.79. The first-order valence-corrected chi connectivity index (χ1v) is 15.9. The van der Waals surface area contributed by atoms with Crippen molar-refractivity contribution in [2.24, 2.45) is 5.41 Å². The predicted octanol–water partition coefficient (Wildman–Crippen LogP) is 5.26. The first-order chi connectivity index (χ1) is 21.5. The van der Waals surface area contributed by atoms with Gasteiger partial charge in [0.25, 0.3) is 0 Å². The molecule has 5 heterocycles. The molecule has 8 nitrogen and oxygen atoms in total. The molecule has 4 aliphatic rings. The monoisotopic (exact) mass is 592 g/mol. The van der Waals surface area contributed by atoms with E-state index in [1.165, 1.54) is 25.3 Å². The molecule has 0 amide bonds. The number of terminal acetylenes is 1. The number of anilines is 1. The molecule has 3 aliphatic heterocycles. The van der Waals surface area contributed by atoms with Gasteiger partial charge in [0, 0.05) is 59.8 Å². The number of hydrogen-bond donors (Lipinski definition) is 2. The summed E-state index contributed by atoms with van der Waals surface area (Å²) in [7, 11) is 0. The van der Waals surface area contributed by atoms with E-state index >= 15 is 4.39 Å². The summed E-state index contributed by atoms with van der Waals surface area (Å²) in [5, 5.41) is 16.2. The molecule has 9 heteroatoms. The molecular weight excluding hydrogens is 555 g/mol. The van der Waals surface area contributed by atoms with Gasteiger partial charge in [0.15, 0.2) is 5.82 Å². The lowest BCUT2D eigenvalue weighted by Gasteiger charge is -2.34. The molecule has 2 atom stereocenters. The fourth-order valence-electron chi connectivity index (χ4n) is 7.54. The van der Waals surface area contributed by atoms with Crippen molar-refractivity contribution >= 4 is 27.5 Å². The summed E-state index contributed by atoms with van der Waals surface area (Å²) in [6.45, 7) is 5.41. The first kappa shape index (κ1) is 27.5. The minimum Gasteiger partial charge on any atom is -0.508 e. The Morgan fingerprint density at radius 2 is 1.89 bits per heavy atom. The zero-order chi connectivity index (χ0) is 29.8. The van der Waals surface area contributed by atoms with Crippen LogP contribution >= 0.6 is 0 Å². The number of rotatable bonds is 7. The largest absolute Gasteiger partial charge is 0.508 e. The van der Waals surface area contributed by atoms with Crippen LogP contribution in [0.4, 0.5) is 10.2 Å². The van der Waals surface area contributed by atoms with Crippen LogP contribution in [0.2, 0.25) is 0 Å². The molecule has 8 rings (SSSR count). The van der Waals surface area contributed by atoms with Gasteiger partial charge in [0.1, 0.15) is 22.8 Å². The van der Waals surface area contributed by atoms with Gasteiger partial charge in [-0.05, 0) is 75.2 Å². The number of piperidine rings is 1. The molecule has 4 fully saturated rings. The second-order valence-corrected chi connectivity index (χ2v) is 13.2. The van der Waals surface area contributed by atoms with E-state index in [1.807, 2.05) is 18.2 Å². The Kier molecular flexibility index (Phi) is 6.80. The second-order valence-electron chi connectivity index (χ2n) is 13.2. The number of hydrogen-bond acceptors (Lipinski definition) is 8. The number of piperazine rings is 1. The van der Waals surface area contributed by atoms with E-state index in [-0.39, 0.29) is 28.4 Å². The summed E-state index contributed by atoms with van der Waals surface area (Å²) in [6, 6.07) is 9.58. The van der Waals surface area contributed by atoms with Crippen LogP contribution in [0.5, 0.6) is 11.8 Å². The third kappa shape index (κ3) is 5.00. The molecule has 0 radical (unpaired) electrons. The van der Waals surface area contributed by atoms with E-state index in [4.69, 9.17) is 16.1 Å². The van der Waals surface area contributed by atoms with Crippen molar-refractivity contribution in [1.82, 2.24) is 25.2 Å². The van der Waals surface area contributed by atoms with Crippen molar-refractivity contribution < 1.29 is 14.2 Å². The summed E-state index contributed by atoms with van der Waals surface area (Å²) in [6.07, 6.45) is 15.8. The van der Waals surface area contributed by atoms with Gasteiger partial charge in [-0.1, -0.05) is 24.5 Å². The lowest BCUT2D eigenvalue weighted by atomic mass is 9.96. The van der Waals surface area contributed by atoms with Crippen molar-refractivity contribution in [3.8, 4) is 35.4 Å². The maximum absolute atomic E-state index is 16.8. The maximum Gasteiger partial charge on any atom is 0.319 e. The molecule has 44 heavy (non-hydrogen) atoms. The number of nitrogens with zero attached hydrogens (tertiary/aromatic N) is 5. The standard InChI is InChI=1S/C35H37FN6O2/c1-2-22-7-6-8-23-15-26(43)16-27(29(22)23)31-30(36)32-28(17-37-31)33(42-18-24-9-10-25(19-42)38-24)40-34(39-32)44-21-35(11-12-35)20-41-13-4-3-5-14-41/h1,6-8,15-17,24-25,38,43H,3-5,9-14,18-21H2/t24-,25+. The van der Waals surface area contributed by atoms with Gasteiger partial charge in [0.2, 0.25) is 0 Å². The Morgan fingerprint density at radius 1 is 1.09 bits per heavy atom. The highest BCUT2D eigenvalue weighted by molar-refractivity contribution is 6.02. The molecule has 2 aromatic heterocycles. The van der Waals surface area contributed by atoms with Gasteiger partial charge in [-0.3, -0.25) is 4.98 Å². The zero-order valence-electron chi connectivity index (χ0n) is 24.9. The molecule has 2 aromatic carbocycles. The van der Waals surface area contributed by atoms with E-state index < -0.39 is 5.82 Å². The van der Waals surface area contributed by atoms with Crippen molar-refractivity contribution in [1.29, 1.82) is 0 Å². The van der Waals surface area contributed by atoms with Gasteiger partial charge in [-0.15, -0.1) is 6.42 Å². The number of aromatic nitrogens is 3. The van der Waals surface area contributed by atoms with E-state index in [0.717, 1.165) is 58.4 Å². The summed E-state index contributed by atoms with van der Waals surface area (Å²) >= 11 is 0. The van der Waals surface area contributed by atoms with E-state index in [9.17, 15) is 5.11 Å². The Hall–Kier alpha value is -4.00.